The lowest BCUT2D eigenvalue weighted by Crippen LogP contribution is -2.28. The molecule has 1 aromatic rings. The molecule has 0 atom stereocenters. The summed E-state index contributed by atoms with van der Waals surface area (Å²) in [4.78, 5) is 0. The normalized spacial score (nSPS) is 20.5. The molecular formula is C10H11F2N. The van der Waals surface area contributed by atoms with Gasteiger partial charge in [0.1, 0.15) is 0 Å². The third-order valence-electron chi connectivity index (χ3n) is 2.33. The lowest BCUT2D eigenvalue weighted by atomic mass is 10.0. The zero-order valence-electron chi connectivity index (χ0n) is 7.19. The minimum absolute atomic E-state index is 0.181. The van der Waals surface area contributed by atoms with Crippen LogP contribution in [0.25, 0.3) is 0 Å². The van der Waals surface area contributed by atoms with Crippen molar-refractivity contribution in [2.24, 2.45) is 0 Å². The van der Waals surface area contributed by atoms with Gasteiger partial charge in [0.15, 0.2) is 0 Å². The lowest BCUT2D eigenvalue weighted by Gasteiger charge is -2.16. The number of benzene rings is 1. The van der Waals surface area contributed by atoms with Crippen LogP contribution < -0.4 is 5.32 Å². The highest BCUT2D eigenvalue weighted by atomic mass is 19.3. The van der Waals surface area contributed by atoms with Crippen molar-refractivity contribution in [1.82, 2.24) is 5.32 Å². The van der Waals surface area contributed by atoms with Gasteiger partial charge in [-0.3, -0.25) is 0 Å². The SMILES string of the molecule is FC1(F)CNCCc2ccccc21. The largest absolute Gasteiger partial charge is 0.311 e. The van der Waals surface area contributed by atoms with Crippen molar-refractivity contribution >= 4 is 0 Å². The Bertz CT molecular complexity index is 310. The Morgan fingerprint density at radius 1 is 1.23 bits per heavy atom. The third-order valence-corrected chi connectivity index (χ3v) is 2.33. The Labute approximate surface area is 75.8 Å². The van der Waals surface area contributed by atoms with E-state index in [4.69, 9.17) is 0 Å². The number of hydrogen-bond donors (Lipinski definition) is 1. The number of rotatable bonds is 0. The number of hydrogen-bond acceptors (Lipinski definition) is 1. The van der Waals surface area contributed by atoms with Crippen molar-refractivity contribution in [2.75, 3.05) is 13.1 Å². The molecule has 1 nitrogen and oxygen atoms in total. The molecule has 13 heavy (non-hydrogen) atoms. The Hall–Kier alpha value is -0.960. The molecular weight excluding hydrogens is 172 g/mol. The van der Waals surface area contributed by atoms with E-state index in [1.165, 1.54) is 6.07 Å². The van der Waals surface area contributed by atoms with E-state index >= 15 is 0 Å². The quantitative estimate of drug-likeness (QED) is 0.648. The molecule has 0 aromatic heterocycles. The molecule has 0 radical (unpaired) electrons. The first-order valence-electron chi connectivity index (χ1n) is 4.37. The van der Waals surface area contributed by atoms with Crippen LogP contribution in [0.4, 0.5) is 8.78 Å². The maximum absolute atomic E-state index is 13.4. The summed E-state index contributed by atoms with van der Waals surface area (Å²) in [6.45, 7) is 0.386. The number of halogens is 2. The molecule has 1 aromatic carbocycles. The van der Waals surface area contributed by atoms with Gasteiger partial charge < -0.3 is 5.32 Å². The van der Waals surface area contributed by atoms with Crippen molar-refractivity contribution in [3.63, 3.8) is 0 Å². The van der Waals surface area contributed by atoms with E-state index in [1.54, 1.807) is 18.2 Å². The molecule has 70 valence electrons. The molecule has 0 unspecified atom stereocenters. The van der Waals surface area contributed by atoms with E-state index < -0.39 is 5.92 Å². The predicted molar refractivity (Wildman–Crippen MR) is 46.9 cm³/mol. The summed E-state index contributed by atoms with van der Waals surface area (Å²) < 4.78 is 26.8. The van der Waals surface area contributed by atoms with Crippen LogP contribution >= 0.6 is 0 Å². The molecule has 0 amide bonds. The number of fused-ring (bicyclic) bond motifs is 1. The van der Waals surface area contributed by atoms with Crippen LogP contribution in [0.1, 0.15) is 11.1 Å². The first-order valence-corrected chi connectivity index (χ1v) is 4.37. The minimum Gasteiger partial charge on any atom is -0.311 e. The van der Waals surface area contributed by atoms with Crippen molar-refractivity contribution in [3.05, 3.63) is 35.4 Å². The van der Waals surface area contributed by atoms with E-state index in [0.717, 1.165) is 5.56 Å². The average molecular weight is 183 g/mol. The third kappa shape index (κ3) is 1.56. The van der Waals surface area contributed by atoms with Gasteiger partial charge in [0.25, 0.3) is 5.92 Å². The summed E-state index contributed by atoms with van der Waals surface area (Å²) >= 11 is 0. The zero-order chi connectivity index (χ0) is 9.31. The van der Waals surface area contributed by atoms with Gasteiger partial charge >= 0.3 is 0 Å². The maximum atomic E-state index is 13.4. The van der Waals surface area contributed by atoms with Crippen LogP contribution in [-0.4, -0.2) is 13.1 Å². The highest BCUT2D eigenvalue weighted by Gasteiger charge is 2.34. The molecule has 1 aliphatic rings. The van der Waals surface area contributed by atoms with Gasteiger partial charge in [-0.1, -0.05) is 24.3 Å². The Kier molecular flexibility index (Phi) is 2.04. The molecule has 1 heterocycles. The molecule has 0 bridgehead atoms. The molecule has 0 spiro atoms. The van der Waals surface area contributed by atoms with Crippen molar-refractivity contribution < 1.29 is 8.78 Å². The number of alkyl halides is 2. The zero-order valence-corrected chi connectivity index (χ0v) is 7.19. The molecule has 0 fully saturated rings. The minimum atomic E-state index is -2.72. The molecule has 0 saturated carbocycles. The first kappa shape index (κ1) is 8.63. The average Bonchev–Trinajstić information content (AvgIpc) is 2.26. The summed E-state index contributed by atoms with van der Waals surface area (Å²) in [5, 5.41) is 2.73. The van der Waals surface area contributed by atoms with Crippen LogP contribution in [0.2, 0.25) is 0 Å². The molecule has 0 saturated heterocycles. The van der Waals surface area contributed by atoms with E-state index in [9.17, 15) is 8.78 Å². The fraction of sp³-hybridized carbons (Fsp3) is 0.400. The Balaban J connectivity index is 2.48. The van der Waals surface area contributed by atoms with E-state index in [1.807, 2.05) is 0 Å². The Morgan fingerprint density at radius 3 is 2.85 bits per heavy atom. The van der Waals surface area contributed by atoms with Crippen LogP contribution in [0.15, 0.2) is 24.3 Å². The van der Waals surface area contributed by atoms with E-state index in [2.05, 4.69) is 5.32 Å². The summed E-state index contributed by atoms with van der Waals surface area (Å²) in [7, 11) is 0. The topological polar surface area (TPSA) is 12.0 Å². The summed E-state index contributed by atoms with van der Waals surface area (Å²) in [5.41, 5.74) is 0.942. The van der Waals surface area contributed by atoms with Crippen LogP contribution in [0.3, 0.4) is 0 Å². The molecule has 2 rings (SSSR count). The second-order valence-corrected chi connectivity index (χ2v) is 3.29. The predicted octanol–water partition coefficient (Wildman–Crippen LogP) is 1.92. The van der Waals surface area contributed by atoms with Gasteiger partial charge in [0.05, 0.1) is 6.54 Å². The van der Waals surface area contributed by atoms with Crippen molar-refractivity contribution in [3.8, 4) is 0 Å². The summed E-state index contributed by atoms with van der Waals surface area (Å²) in [5.74, 6) is -2.72. The fourth-order valence-corrected chi connectivity index (χ4v) is 1.66. The second-order valence-electron chi connectivity index (χ2n) is 3.29. The van der Waals surface area contributed by atoms with Crippen molar-refractivity contribution in [1.29, 1.82) is 0 Å². The highest BCUT2D eigenvalue weighted by molar-refractivity contribution is 5.32. The lowest BCUT2D eigenvalue weighted by molar-refractivity contribution is -0.000911. The van der Waals surface area contributed by atoms with Gasteiger partial charge in [-0.2, -0.15) is 8.78 Å². The fourth-order valence-electron chi connectivity index (χ4n) is 1.66. The van der Waals surface area contributed by atoms with Crippen molar-refractivity contribution in [2.45, 2.75) is 12.3 Å². The second kappa shape index (κ2) is 3.07. The van der Waals surface area contributed by atoms with Crippen LogP contribution in [0, 0.1) is 0 Å². The van der Waals surface area contributed by atoms with E-state index in [-0.39, 0.29) is 12.1 Å². The smallest absolute Gasteiger partial charge is 0.285 e. The molecule has 0 aliphatic carbocycles. The number of nitrogens with one attached hydrogen (secondary N) is 1. The molecule has 1 aliphatic heterocycles. The van der Waals surface area contributed by atoms with E-state index in [0.29, 0.717) is 13.0 Å². The van der Waals surface area contributed by atoms with Crippen LogP contribution in [-0.2, 0) is 12.3 Å². The standard InChI is InChI=1S/C10H11F2N/c11-10(12)7-13-6-5-8-3-1-2-4-9(8)10/h1-4,13H,5-7H2. The maximum Gasteiger partial charge on any atom is 0.285 e. The molecule has 1 N–H and O–H groups in total. The monoisotopic (exact) mass is 183 g/mol. The first-order chi connectivity index (χ1) is 6.20. The highest BCUT2D eigenvalue weighted by Crippen LogP contribution is 2.31. The van der Waals surface area contributed by atoms with Crippen LogP contribution in [0.5, 0.6) is 0 Å². The molecule has 3 heteroatoms. The van der Waals surface area contributed by atoms with Gasteiger partial charge in [-0.25, -0.2) is 0 Å². The Morgan fingerprint density at radius 2 is 2.00 bits per heavy atom. The summed E-state index contributed by atoms with van der Waals surface area (Å²) in [6, 6.07) is 6.76. The van der Waals surface area contributed by atoms with Gasteiger partial charge in [-0.05, 0) is 18.5 Å². The van der Waals surface area contributed by atoms with Gasteiger partial charge in [-0.15, -0.1) is 0 Å². The van der Waals surface area contributed by atoms with Gasteiger partial charge in [0, 0.05) is 5.56 Å². The summed E-state index contributed by atoms with van der Waals surface area (Å²) in [6.07, 6.45) is 0.686. The van der Waals surface area contributed by atoms with Gasteiger partial charge in [0.2, 0.25) is 0 Å².